The van der Waals surface area contributed by atoms with Gasteiger partial charge in [-0.15, -0.1) is 0 Å². The van der Waals surface area contributed by atoms with E-state index in [1.807, 2.05) is 84.9 Å². The topological polar surface area (TPSA) is 39.4 Å². The second-order valence-electron chi connectivity index (χ2n) is 31.4. The molecule has 25 rings (SSSR count). The molecule has 0 aliphatic rings. The zero-order valence-electron chi connectivity index (χ0n) is 71.7. The molecule has 0 amide bonds. The number of benzene rings is 22. The minimum Gasteiger partial charge on any atom is -0.455 e. The van der Waals surface area contributed by atoms with Gasteiger partial charge in [0.15, 0.2) is 0 Å². The normalized spacial score (nSPS) is 12.1. The van der Waals surface area contributed by atoms with Crippen LogP contribution in [-0.2, 0) is 0 Å². The first-order valence-corrected chi connectivity index (χ1v) is 41.8. The van der Waals surface area contributed by atoms with Crippen molar-refractivity contribution in [3.8, 4) is 111 Å². The Balaban J connectivity index is 0.000000110. The standard InChI is InChI=1S/C44H28O.2C38H24O/c1-3-13-29(14-4-1)30-23-25-31(26-24-30)39-27-33(28-40-34-17-11-12-22-41(34)45-44(39)40)43-37-20-9-7-18-35(37)42(32-15-5-2-6-16-32)36-19-8-10-21-38(36)43;1-3-13-25(14-4-1)33-23-27(24-34-28-17-11-12-22-35(28)39-38(33)34)37-31-20-9-7-18-29(31)36(26-15-5-2-6-16-26)30-19-8-10-21-32(30)37;1-3-12-25(13-4-1)28-20-11-21-33-34-24-27(22-23-35(34)39-38(28)33)37-31-18-9-7-16-29(31)36(26-14-5-2-6-15-26)30-17-8-10-19-32(30)37/h1-28H;2*1-24H/i;;2D,5D,6D,14D,15D. The summed E-state index contributed by atoms with van der Waals surface area (Å²) in [4.78, 5) is 0. The van der Waals surface area contributed by atoms with Gasteiger partial charge >= 0.3 is 0 Å². The van der Waals surface area contributed by atoms with E-state index in [2.05, 4.69) is 346 Å². The second-order valence-corrected chi connectivity index (χ2v) is 31.4. The van der Waals surface area contributed by atoms with Gasteiger partial charge in [-0.05, 0) is 208 Å². The predicted molar refractivity (Wildman–Crippen MR) is 521 cm³/mol. The first-order valence-electron chi connectivity index (χ1n) is 44.3. The average molecular weight is 1570 g/mol. The molecule has 0 bridgehead atoms. The fourth-order valence-electron chi connectivity index (χ4n) is 19.1. The van der Waals surface area contributed by atoms with Crippen LogP contribution in [-0.4, -0.2) is 0 Å². The molecule has 0 saturated carbocycles. The van der Waals surface area contributed by atoms with E-state index in [-0.39, 0.29) is 29.7 Å². The maximum Gasteiger partial charge on any atom is 0.143 e. The summed E-state index contributed by atoms with van der Waals surface area (Å²) < 4.78 is 62.0. The molecule has 0 atom stereocenters. The lowest BCUT2D eigenvalue weighted by atomic mass is 9.85. The molecule has 25 aromatic rings. The Kier molecular flexibility index (Phi) is 16.6. The molecule has 3 heterocycles. The number of fused-ring (bicyclic) bond motifs is 15. The summed E-state index contributed by atoms with van der Waals surface area (Å²) in [7, 11) is 0. The van der Waals surface area contributed by atoms with Crippen LogP contribution in [0.25, 0.3) is 242 Å². The van der Waals surface area contributed by atoms with Crippen LogP contribution in [0.3, 0.4) is 0 Å². The number of furan rings is 3. The summed E-state index contributed by atoms with van der Waals surface area (Å²) in [5, 5.41) is 20.1. The fraction of sp³-hybridized carbons (Fsp3) is 0. The van der Waals surface area contributed by atoms with Crippen molar-refractivity contribution in [3.05, 3.63) is 461 Å². The first kappa shape index (κ1) is 66.8. The van der Waals surface area contributed by atoms with Crippen molar-refractivity contribution in [1.29, 1.82) is 0 Å². The maximum absolute atomic E-state index is 8.79. The Morgan fingerprint density at radius 2 is 0.390 bits per heavy atom. The summed E-state index contributed by atoms with van der Waals surface area (Å²) in [6.45, 7) is 0. The summed E-state index contributed by atoms with van der Waals surface area (Å²) in [5.41, 5.74) is 27.1. The third-order valence-electron chi connectivity index (χ3n) is 24.5. The highest BCUT2D eigenvalue weighted by molar-refractivity contribution is 6.27. The minimum atomic E-state index is -0.398. The van der Waals surface area contributed by atoms with Crippen LogP contribution in [0.1, 0.15) is 6.85 Å². The van der Waals surface area contributed by atoms with Crippen LogP contribution in [0.5, 0.6) is 0 Å². The van der Waals surface area contributed by atoms with Crippen LogP contribution in [0.2, 0.25) is 0 Å². The van der Waals surface area contributed by atoms with Crippen LogP contribution in [0.4, 0.5) is 0 Å². The summed E-state index contributed by atoms with van der Waals surface area (Å²) in [5.74, 6) is 0. The molecule has 0 spiro atoms. The zero-order valence-corrected chi connectivity index (χ0v) is 66.7. The Morgan fingerprint density at radius 3 is 0.780 bits per heavy atom. The molecule has 22 aromatic carbocycles. The van der Waals surface area contributed by atoms with Gasteiger partial charge in [-0.3, -0.25) is 0 Å². The summed E-state index contributed by atoms with van der Waals surface area (Å²) in [6.07, 6.45) is 0. The highest BCUT2D eigenvalue weighted by Crippen LogP contribution is 2.52. The molecule has 0 N–H and O–H groups in total. The summed E-state index contributed by atoms with van der Waals surface area (Å²) in [6, 6.07) is 150. The number of hydrogen-bond donors (Lipinski definition) is 0. The second kappa shape index (κ2) is 30.6. The van der Waals surface area contributed by atoms with Gasteiger partial charge in [-0.2, -0.15) is 0 Å². The van der Waals surface area contributed by atoms with Crippen molar-refractivity contribution in [2.75, 3.05) is 0 Å². The Labute approximate surface area is 718 Å². The molecule has 0 radical (unpaired) electrons. The molecule has 0 unspecified atom stereocenters. The molecule has 3 heteroatoms. The molecule has 123 heavy (non-hydrogen) atoms. The Bertz CT molecular complexity index is 8520. The molecule has 3 nitrogen and oxygen atoms in total. The number of hydrogen-bond acceptors (Lipinski definition) is 3. The van der Waals surface area contributed by atoms with Gasteiger partial charge in [0.2, 0.25) is 0 Å². The molecule has 3 aromatic heterocycles. The van der Waals surface area contributed by atoms with Crippen molar-refractivity contribution in [3.63, 3.8) is 0 Å². The van der Waals surface area contributed by atoms with Gasteiger partial charge < -0.3 is 13.3 Å². The van der Waals surface area contributed by atoms with E-state index in [1.165, 1.54) is 98.7 Å². The predicted octanol–water partition coefficient (Wildman–Crippen LogP) is 34.3. The third-order valence-corrected chi connectivity index (χ3v) is 24.5. The molecule has 574 valence electrons. The smallest absolute Gasteiger partial charge is 0.143 e. The van der Waals surface area contributed by atoms with Crippen LogP contribution >= 0.6 is 0 Å². The SMILES string of the molecule is [2H]c1c([2H])c([2H])c(-c2c3ccccc3c(-c3ccc4oc5c(-c6ccccc6)cccc5c4c3)c3ccccc23)c([2H])c1[2H].c1ccc(-c2c3ccccc3c(-c3cc(-c4ccccc4)c4oc5ccccc5c4c3)c3ccccc23)cc1.c1ccc(-c2ccc(-c3cc(-c4c5ccccc5c(-c5ccccc5)c5ccccc45)cc4c3oc3ccccc34)cc2)cc1. The molecular weight excluding hydrogens is 1490 g/mol. The van der Waals surface area contributed by atoms with E-state index in [4.69, 9.17) is 20.1 Å². The van der Waals surface area contributed by atoms with Crippen molar-refractivity contribution in [1.82, 2.24) is 0 Å². The van der Waals surface area contributed by atoms with Crippen molar-refractivity contribution in [2.24, 2.45) is 0 Å². The lowest BCUT2D eigenvalue weighted by molar-refractivity contribution is 0.669. The Morgan fingerprint density at radius 1 is 0.138 bits per heavy atom. The van der Waals surface area contributed by atoms with Gasteiger partial charge in [0, 0.05) is 49.0 Å². The van der Waals surface area contributed by atoms with E-state index >= 15 is 0 Å². The highest BCUT2D eigenvalue weighted by Gasteiger charge is 2.25. The lowest BCUT2D eigenvalue weighted by Crippen LogP contribution is -1.91. The van der Waals surface area contributed by atoms with Gasteiger partial charge in [0.05, 0.1) is 6.85 Å². The third kappa shape index (κ3) is 12.6. The van der Waals surface area contributed by atoms with Crippen molar-refractivity contribution >= 4 is 130 Å². The van der Waals surface area contributed by atoms with Gasteiger partial charge in [0.25, 0.3) is 0 Å². The molecule has 0 fully saturated rings. The van der Waals surface area contributed by atoms with E-state index in [9.17, 15) is 0 Å². The molecule has 0 saturated heterocycles. The monoisotopic (exact) mass is 1570 g/mol. The Hall–Kier alpha value is -16.2. The van der Waals surface area contributed by atoms with E-state index in [0.29, 0.717) is 5.56 Å². The zero-order chi connectivity index (χ0) is 85.6. The van der Waals surface area contributed by atoms with Crippen molar-refractivity contribution < 1.29 is 20.1 Å². The van der Waals surface area contributed by atoms with Gasteiger partial charge in [-0.1, -0.05) is 412 Å². The highest BCUT2D eigenvalue weighted by atomic mass is 16.3. The van der Waals surface area contributed by atoms with Crippen molar-refractivity contribution in [2.45, 2.75) is 0 Å². The number of para-hydroxylation sites is 3. The van der Waals surface area contributed by atoms with Crippen LogP contribution in [0.15, 0.2) is 474 Å². The summed E-state index contributed by atoms with van der Waals surface area (Å²) >= 11 is 0. The van der Waals surface area contributed by atoms with E-state index in [0.717, 1.165) is 132 Å². The first-order chi connectivity index (χ1) is 63.1. The maximum atomic E-state index is 8.79. The molecule has 0 aliphatic heterocycles. The van der Waals surface area contributed by atoms with Gasteiger partial charge in [0.1, 0.15) is 33.5 Å². The largest absolute Gasteiger partial charge is 0.455 e. The number of rotatable bonds is 10. The van der Waals surface area contributed by atoms with E-state index < -0.39 is 6.04 Å². The van der Waals surface area contributed by atoms with Crippen LogP contribution < -0.4 is 0 Å². The quantitative estimate of drug-likeness (QED) is 0.128. The lowest BCUT2D eigenvalue weighted by Gasteiger charge is -2.18. The fourth-order valence-corrected chi connectivity index (χ4v) is 19.1. The van der Waals surface area contributed by atoms with Gasteiger partial charge in [-0.25, -0.2) is 0 Å². The minimum absolute atomic E-state index is 0.208. The van der Waals surface area contributed by atoms with E-state index in [1.54, 1.807) is 0 Å². The molecule has 0 aliphatic carbocycles. The average Bonchev–Trinajstić information content (AvgIpc) is 1.21. The molecular formula is C120H76O3. The van der Waals surface area contributed by atoms with Crippen LogP contribution in [0, 0.1) is 0 Å².